The van der Waals surface area contributed by atoms with E-state index in [4.69, 9.17) is 4.74 Å². The first kappa shape index (κ1) is 14.5. The third-order valence-electron chi connectivity index (χ3n) is 4.82. The number of ether oxygens (including phenoxy) is 1. The largest absolute Gasteiger partial charge is 0.380 e. The number of Topliss-reactive ketones (excluding diaryl/α,β-unsaturated/α-hetero) is 1. The average molecular weight is 315 g/mol. The molecule has 0 N–H and O–H groups in total. The Morgan fingerprint density at radius 3 is 2.87 bits per heavy atom. The topological polar surface area (TPSA) is 57.0 Å². The van der Waals surface area contributed by atoms with Gasteiger partial charge >= 0.3 is 0 Å². The van der Waals surface area contributed by atoms with Crippen LogP contribution < -0.4 is 0 Å². The minimum Gasteiger partial charge on any atom is -0.380 e. The number of rotatable bonds is 3. The lowest BCUT2D eigenvalue weighted by molar-refractivity contribution is 0.0766. The fourth-order valence-corrected chi connectivity index (χ4v) is 3.34. The summed E-state index contributed by atoms with van der Waals surface area (Å²) in [6.45, 7) is 2.79. The number of aromatic nitrogens is 3. The van der Waals surface area contributed by atoms with E-state index < -0.39 is 11.6 Å². The lowest BCUT2D eigenvalue weighted by Gasteiger charge is -2.17. The van der Waals surface area contributed by atoms with Crippen molar-refractivity contribution in [2.45, 2.75) is 32.0 Å². The first-order valence-corrected chi connectivity index (χ1v) is 7.86. The standard InChI is InChI=1S/C17H18FN3O2/c1-17(7-8-23-10-17)14(22)15-19-16-12(18)9-13(21(16)20-15)11-5-3-2-4-6-11/h2-6,12-13H,7-10H2,1H3/t12-,13-,17+/m0/s1. The van der Waals surface area contributed by atoms with Crippen LogP contribution in [-0.4, -0.2) is 33.8 Å². The quantitative estimate of drug-likeness (QED) is 0.817. The highest BCUT2D eigenvalue weighted by molar-refractivity contribution is 5.97. The maximum Gasteiger partial charge on any atom is 0.218 e. The van der Waals surface area contributed by atoms with Gasteiger partial charge in [-0.3, -0.25) is 4.79 Å². The van der Waals surface area contributed by atoms with Gasteiger partial charge in [0.25, 0.3) is 0 Å². The van der Waals surface area contributed by atoms with E-state index in [-0.39, 0.29) is 23.5 Å². The van der Waals surface area contributed by atoms with Gasteiger partial charge in [-0.25, -0.2) is 14.1 Å². The second-order valence-electron chi connectivity index (χ2n) is 6.56. The van der Waals surface area contributed by atoms with Gasteiger partial charge in [-0.05, 0) is 18.9 Å². The molecule has 2 aliphatic rings. The molecule has 6 heteroatoms. The van der Waals surface area contributed by atoms with E-state index in [9.17, 15) is 9.18 Å². The van der Waals surface area contributed by atoms with Gasteiger partial charge in [0, 0.05) is 13.0 Å². The molecule has 1 aromatic carbocycles. The van der Waals surface area contributed by atoms with Gasteiger partial charge in [0.1, 0.15) is 0 Å². The van der Waals surface area contributed by atoms with Gasteiger partial charge in [-0.1, -0.05) is 30.3 Å². The molecule has 0 unspecified atom stereocenters. The van der Waals surface area contributed by atoms with E-state index in [0.717, 1.165) is 5.56 Å². The van der Waals surface area contributed by atoms with Crippen molar-refractivity contribution in [3.05, 3.63) is 47.5 Å². The first-order valence-electron chi connectivity index (χ1n) is 7.86. The fourth-order valence-electron chi connectivity index (χ4n) is 3.34. The van der Waals surface area contributed by atoms with Gasteiger partial charge in [-0.2, -0.15) is 0 Å². The molecule has 0 saturated carbocycles. The van der Waals surface area contributed by atoms with Crippen molar-refractivity contribution in [1.82, 2.24) is 14.8 Å². The molecule has 1 saturated heterocycles. The van der Waals surface area contributed by atoms with Crippen molar-refractivity contribution in [2.75, 3.05) is 13.2 Å². The summed E-state index contributed by atoms with van der Waals surface area (Å²) in [5.41, 5.74) is 0.379. The van der Waals surface area contributed by atoms with Crippen LogP contribution in [0.1, 0.15) is 54.0 Å². The number of hydrogen-bond acceptors (Lipinski definition) is 4. The molecule has 3 heterocycles. The maximum atomic E-state index is 14.3. The van der Waals surface area contributed by atoms with E-state index in [1.807, 2.05) is 37.3 Å². The summed E-state index contributed by atoms with van der Waals surface area (Å²) in [4.78, 5) is 16.9. The Morgan fingerprint density at radius 2 is 2.17 bits per heavy atom. The Bertz CT molecular complexity index is 738. The van der Waals surface area contributed by atoms with Gasteiger partial charge in [0.05, 0.1) is 18.1 Å². The Kier molecular flexibility index (Phi) is 3.30. The lowest BCUT2D eigenvalue weighted by atomic mass is 9.85. The summed E-state index contributed by atoms with van der Waals surface area (Å²) < 4.78 is 21.3. The van der Waals surface area contributed by atoms with Crippen LogP contribution in [0.5, 0.6) is 0 Å². The van der Waals surface area contributed by atoms with Crippen LogP contribution in [0.3, 0.4) is 0 Å². The van der Waals surface area contributed by atoms with Crippen molar-refractivity contribution in [1.29, 1.82) is 0 Å². The minimum absolute atomic E-state index is 0.108. The monoisotopic (exact) mass is 315 g/mol. The predicted octanol–water partition coefficient (Wildman–Crippen LogP) is 2.89. The normalized spacial score (nSPS) is 29.7. The summed E-state index contributed by atoms with van der Waals surface area (Å²) in [5, 5.41) is 4.35. The highest BCUT2D eigenvalue weighted by atomic mass is 19.1. The number of carbonyl (C=O) groups is 1. The SMILES string of the molecule is C[C@@]1(C(=O)c2nc3n(n2)[C@H](c2ccccc2)C[C@@H]3F)CCOC1. The number of hydrogen-bond donors (Lipinski definition) is 0. The zero-order valence-corrected chi connectivity index (χ0v) is 12.9. The van der Waals surface area contributed by atoms with Crippen LogP contribution in [0.15, 0.2) is 30.3 Å². The molecule has 0 radical (unpaired) electrons. The van der Waals surface area contributed by atoms with E-state index in [2.05, 4.69) is 10.1 Å². The molecule has 3 atom stereocenters. The van der Waals surface area contributed by atoms with E-state index in [1.165, 1.54) is 0 Å². The molecule has 120 valence electrons. The summed E-state index contributed by atoms with van der Waals surface area (Å²) in [6.07, 6.45) is -0.229. The van der Waals surface area contributed by atoms with Gasteiger partial charge in [0.15, 0.2) is 12.0 Å². The zero-order chi connectivity index (χ0) is 16.0. The molecule has 0 aliphatic carbocycles. The van der Waals surface area contributed by atoms with Crippen LogP contribution in [0.25, 0.3) is 0 Å². The predicted molar refractivity (Wildman–Crippen MR) is 80.9 cm³/mol. The minimum atomic E-state index is -1.19. The Labute approximate surface area is 133 Å². The van der Waals surface area contributed by atoms with Crippen molar-refractivity contribution in [2.24, 2.45) is 5.41 Å². The molecule has 1 fully saturated rings. The number of halogens is 1. The highest BCUT2D eigenvalue weighted by Gasteiger charge is 2.42. The second kappa shape index (κ2) is 5.23. The van der Waals surface area contributed by atoms with Crippen LogP contribution in [0.4, 0.5) is 4.39 Å². The molecule has 2 aromatic rings. The first-order chi connectivity index (χ1) is 11.1. The third-order valence-corrected chi connectivity index (χ3v) is 4.82. The second-order valence-corrected chi connectivity index (χ2v) is 6.56. The Balaban J connectivity index is 1.69. The van der Waals surface area contributed by atoms with E-state index >= 15 is 0 Å². The summed E-state index contributed by atoms with van der Waals surface area (Å²) in [6, 6.07) is 9.44. The van der Waals surface area contributed by atoms with Crippen LogP contribution in [0.2, 0.25) is 0 Å². The number of fused-ring (bicyclic) bond motifs is 1. The van der Waals surface area contributed by atoms with Crippen molar-refractivity contribution in [3.8, 4) is 0 Å². The summed E-state index contributed by atoms with van der Waals surface area (Å²) in [7, 11) is 0. The maximum absolute atomic E-state index is 14.3. The molecule has 5 nitrogen and oxygen atoms in total. The number of benzene rings is 1. The van der Waals surface area contributed by atoms with Gasteiger partial charge in [-0.15, -0.1) is 5.10 Å². The summed E-state index contributed by atoms with van der Waals surface area (Å²) in [5.74, 6) is 0.205. The number of alkyl halides is 1. The Morgan fingerprint density at radius 1 is 1.39 bits per heavy atom. The fraction of sp³-hybridized carbons (Fsp3) is 0.471. The van der Waals surface area contributed by atoms with Crippen LogP contribution in [0, 0.1) is 5.41 Å². The summed E-state index contributed by atoms with van der Waals surface area (Å²) >= 11 is 0. The van der Waals surface area contributed by atoms with E-state index in [1.54, 1.807) is 4.68 Å². The molecular weight excluding hydrogens is 297 g/mol. The van der Waals surface area contributed by atoms with E-state index in [0.29, 0.717) is 26.1 Å². The number of carbonyl (C=O) groups excluding carboxylic acids is 1. The Hall–Kier alpha value is -2.08. The average Bonchev–Trinajstić information content (AvgIpc) is 3.25. The van der Waals surface area contributed by atoms with Crippen molar-refractivity contribution < 1.29 is 13.9 Å². The molecule has 0 bridgehead atoms. The van der Waals surface area contributed by atoms with Gasteiger partial charge < -0.3 is 4.74 Å². The van der Waals surface area contributed by atoms with Crippen molar-refractivity contribution >= 4 is 5.78 Å². The lowest BCUT2D eigenvalue weighted by Crippen LogP contribution is -2.29. The highest BCUT2D eigenvalue weighted by Crippen LogP contribution is 2.40. The van der Waals surface area contributed by atoms with Crippen molar-refractivity contribution in [3.63, 3.8) is 0 Å². The van der Waals surface area contributed by atoms with Crippen LogP contribution >= 0.6 is 0 Å². The number of ketones is 1. The molecule has 1 aromatic heterocycles. The molecule has 23 heavy (non-hydrogen) atoms. The zero-order valence-electron chi connectivity index (χ0n) is 12.9. The third kappa shape index (κ3) is 2.28. The van der Waals surface area contributed by atoms with Crippen LogP contribution in [-0.2, 0) is 4.74 Å². The molecule has 0 spiro atoms. The molecule has 2 aliphatic heterocycles. The number of nitrogens with zero attached hydrogens (tertiary/aromatic N) is 3. The molecule has 0 amide bonds. The van der Waals surface area contributed by atoms with Gasteiger partial charge in [0.2, 0.25) is 11.6 Å². The smallest absolute Gasteiger partial charge is 0.218 e. The molecule has 4 rings (SSSR count). The molecular formula is C17H18FN3O2.